The van der Waals surface area contributed by atoms with Crippen LogP contribution >= 0.6 is 0 Å². The summed E-state index contributed by atoms with van der Waals surface area (Å²) in [5.41, 5.74) is 3.50. The Balaban J connectivity index is 1.84. The molecular formula is C19H16N2O2. The minimum atomic E-state index is -0.207. The van der Waals surface area contributed by atoms with E-state index >= 15 is 0 Å². The number of aryl methyl sites for hydroxylation is 2. The summed E-state index contributed by atoms with van der Waals surface area (Å²) >= 11 is 0. The lowest BCUT2D eigenvalue weighted by Crippen LogP contribution is -2.18. The van der Waals surface area contributed by atoms with Gasteiger partial charge < -0.3 is 4.74 Å². The van der Waals surface area contributed by atoms with E-state index in [2.05, 4.69) is 6.07 Å². The van der Waals surface area contributed by atoms with Gasteiger partial charge in [0, 0.05) is 11.6 Å². The summed E-state index contributed by atoms with van der Waals surface area (Å²) in [6.07, 6.45) is 1.57. The van der Waals surface area contributed by atoms with Gasteiger partial charge in [0.1, 0.15) is 11.8 Å². The average molecular weight is 304 g/mol. The topological polar surface area (TPSA) is 55.0 Å². The van der Waals surface area contributed by atoms with E-state index in [-0.39, 0.29) is 12.5 Å². The van der Waals surface area contributed by atoms with Crippen molar-refractivity contribution >= 4 is 16.8 Å². The van der Waals surface area contributed by atoms with Gasteiger partial charge in [-0.15, -0.1) is 0 Å². The van der Waals surface area contributed by atoms with E-state index in [4.69, 9.17) is 4.74 Å². The second-order valence-corrected chi connectivity index (χ2v) is 5.47. The molecule has 0 saturated carbocycles. The second-order valence-electron chi connectivity index (χ2n) is 5.47. The van der Waals surface area contributed by atoms with E-state index in [1.54, 1.807) is 6.20 Å². The first-order valence-electron chi connectivity index (χ1n) is 7.33. The third-order valence-electron chi connectivity index (χ3n) is 3.94. The number of benzene rings is 2. The molecule has 3 rings (SSSR count). The first-order chi connectivity index (χ1) is 11.1. The summed E-state index contributed by atoms with van der Waals surface area (Å²) in [5, 5.41) is 9.96. The Morgan fingerprint density at radius 3 is 2.70 bits per heavy atom. The van der Waals surface area contributed by atoms with Crippen molar-refractivity contribution in [2.45, 2.75) is 13.8 Å². The molecule has 0 aliphatic rings. The van der Waals surface area contributed by atoms with Crippen molar-refractivity contribution in [3.63, 3.8) is 0 Å². The van der Waals surface area contributed by atoms with Crippen molar-refractivity contribution in [2.75, 3.05) is 6.61 Å². The summed E-state index contributed by atoms with van der Waals surface area (Å²) in [7, 11) is 0. The fourth-order valence-corrected chi connectivity index (χ4v) is 2.49. The first kappa shape index (κ1) is 14.9. The van der Waals surface area contributed by atoms with Gasteiger partial charge >= 0.3 is 0 Å². The third kappa shape index (κ3) is 2.82. The standard InChI is InChI=1S/C19H16N2O2/c1-13-7-8-16(9-14(13)2)23-12-19(22)21-11-15(10-20)17-5-3-4-6-18(17)21/h3-9,11H,12H2,1-2H3. The van der Waals surface area contributed by atoms with Gasteiger partial charge in [-0.25, -0.2) is 0 Å². The number of aromatic nitrogens is 1. The Kier molecular flexibility index (Phi) is 3.86. The fourth-order valence-electron chi connectivity index (χ4n) is 2.49. The zero-order valence-corrected chi connectivity index (χ0v) is 13.0. The minimum absolute atomic E-state index is 0.0773. The number of nitrogens with zero attached hydrogens (tertiary/aromatic N) is 2. The lowest BCUT2D eigenvalue weighted by Gasteiger charge is -2.09. The molecule has 0 atom stereocenters. The molecule has 1 heterocycles. The number of para-hydroxylation sites is 1. The molecule has 0 saturated heterocycles. The molecule has 0 bridgehead atoms. The van der Waals surface area contributed by atoms with E-state index in [1.165, 1.54) is 10.1 Å². The number of carbonyl (C=O) groups excluding carboxylic acids is 1. The van der Waals surface area contributed by atoms with Crippen molar-refractivity contribution in [3.05, 3.63) is 65.4 Å². The Bertz CT molecular complexity index is 932. The van der Waals surface area contributed by atoms with Crippen molar-refractivity contribution in [1.82, 2.24) is 4.57 Å². The van der Waals surface area contributed by atoms with Crippen molar-refractivity contribution in [3.8, 4) is 11.8 Å². The van der Waals surface area contributed by atoms with Gasteiger partial charge in [0.2, 0.25) is 0 Å². The van der Waals surface area contributed by atoms with Crippen LogP contribution in [0.2, 0.25) is 0 Å². The van der Waals surface area contributed by atoms with Crippen LogP contribution < -0.4 is 4.74 Å². The van der Waals surface area contributed by atoms with Gasteiger partial charge in [0.15, 0.2) is 6.61 Å². The van der Waals surface area contributed by atoms with Crippen LogP contribution in [-0.4, -0.2) is 17.1 Å². The summed E-state index contributed by atoms with van der Waals surface area (Å²) in [5.74, 6) is 0.458. The zero-order valence-electron chi connectivity index (χ0n) is 13.0. The quantitative estimate of drug-likeness (QED) is 0.738. The van der Waals surface area contributed by atoms with Crippen LogP contribution in [-0.2, 0) is 0 Å². The lowest BCUT2D eigenvalue weighted by atomic mass is 10.1. The summed E-state index contributed by atoms with van der Waals surface area (Å²) in [4.78, 5) is 12.4. The SMILES string of the molecule is Cc1ccc(OCC(=O)n2cc(C#N)c3ccccc32)cc1C. The van der Waals surface area contributed by atoms with Crippen LogP contribution in [0.25, 0.3) is 10.9 Å². The average Bonchev–Trinajstić information content (AvgIpc) is 2.94. The highest BCUT2D eigenvalue weighted by Gasteiger charge is 2.13. The fraction of sp³-hybridized carbons (Fsp3) is 0.158. The number of nitriles is 1. The Morgan fingerprint density at radius 1 is 1.17 bits per heavy atom. The molecule has 0 aliphatic heterocycles. The van der Waals surface area contributed by atoms with Gasteiger partial charge in [-0.2, -0.15) is 5.26 Å². The summed E-state index contributed by atoms with van der Waals surface area (Å²) in [6.45, 7) is 3.95. The largest absolute Gasteiger partial charge is 0.484 e. The molecule has 0 N–H and O–H groups in total. The highest BCUT2D eigenvalue weighted by Crippen LogP contribution is 2.21. The number of rotatable bonds is 3. The van der Waals surface area contributed by atoms with E-state index < -0.39 is 0 Å². The molecule has 23 heavy (non-hydrogen) atoms. The van der Waals surface area contributed by atoms with Gasteiger partial charge in [0.25, 0.3) is 5.91 Å². The number of ether oxygens (including phenoxy) is 1. The van der Waals surface area contributed by atoms with E-state index in [0.717, 1.165) is 16.5 Å². The highest BCUT2D eigenvalue weighted by molar-refractivity contribution is 5.96. The van der Waals surface area contributed by atoms with Gasteiger partial charge in [-0.05, 0) is 43.2 Å². The van der Waals surface area contributed by atoms with Crippen LogP contribution in [0.5, 0.6) is 5.75 Å². The third-order valence-corrected chi connectivity index (χ3v) is 3.94. The molecule has 0 fully saturated rings. The first-order valence-corrected chi connectivity index (χ1v) is 7.33. The number of hydrogen-bond donors (Lipinski definition) is 0. The van der Waals surface area contributed by atoms with Gasteiger partial charge in [0.05, 0.1) is 11.1 Å². The number of fused-ring (bicyclic) bond motifs is 1. The molecule has 3 aromatic rings. The lowest BCUT2D eigenvalue weighted by molar-refractivity contribution is 0.0843. The maximum absolute atomic E-state index is 12.4. The Hall–Kier alpha value is -3.06. The molecule has 4 heteroatoms. The normalized spacial score (nSPS) is 10.5. The van der Waals surface area contributed by atoms with Crippen molar-refractivity contribution in [2.24, 2.45) is 0 Å². The molecule has 0 radical (unpaired) electrons. The minimum Gasteiger partial charge on any atom is -0.484 e. The summed E-state index contributed by atoms with van der Waals surface area (Å²) < 4.78 is 7.08. The van der Waals surface area contributed by atoms with E-state index in [1.807, 2.05) is 56.3 Å². The molecule has 0 unspecified atom stereocenters. The zero-order chi connectivity index (χ0) is 16.4. The van der Waals surface area contributed by atoms with Crippen molar-refractivity contribution < 1.29 is 9.53 Å². The van der Waals surface area contributed by atoms with Crippen LogP contribution in [0, 0.1) is 25.2 Å². The van der Waals surface area contributed by atoms with E-state index in [9.17, 15) is 10.1 Å². The molecule has 0 spiro atoms. The molecule has 1 aromatic heterocycles. The second kappa shape index (κ2) is 5.98. The maximum Gasteiger partial charge on any atom is 0.269 e. The Labute approximate surface area is 134 Å². The van der Waals surface area contributed by atoms with Gasteiger partial charge in [-0.3, -0.25) is 9.36 Å². The predicted octanol–water partition coefficient (Wildman–Crippen LogP) is 3.85. The highest BCUT2D eigenvalue weighted by atomic mass is 16.5. The Morgan fingerprint density at radius 2 is 1.96 bits per heavy atom. The van der Waals surface area contributed by atoms with Crippen LogP contribution in [0.4, 0.5) is 0 Å². The number of carbonyl (C=O) groups is 1. The van der Waals surface area contributed by atoms with Crippen LogP contribution in [0.1, 0.15) is 21.5 Å². The monoisotopic (exact) mass is 304 g/mol. The molecule has 114 valence electrons. The molecular weight excluding hydrogens is 288 g/mol. The molecule has 2 aromatic carbocycles. The van der Waals surface area contributed by atoms with Crippen LogP contribution in [0.3, 0.4) is 0 Å². The van der Waals surface area contributed by atoms with E-state index in [0.29, 0.717) is 11.3 Å². The summed E-state index contributed by atoms with van der Waals surface area (Å²) in [6, 6.07) is 15.2. The molecule has 4 nitrogen and oxygen atoms in total. The predicted molar refractivity (Wildman–Crippen MR) is 88.7 cm³/mol. The number of hydrogen-bond acceptors (Lipinski definition) is 3. The smallest absolute Gasteiger partial charge is 0.269 e. The van der Waals surface area contributed by atoms with Crippen molar-refractivity contribution in [1.29, 1.82) is 5.26 Å². The van der Waals surface area contributed by atoms with Gasteiger partial charge in [-0.1, -0.05) is 24.3 Å². The molecule has 0 aliphatic carbocycles. The molecule has 0 amide bonds. The maximum atomic E-state index is 12.4. The van der Waals surface area contributed by atoms with Crippen LogP contribution in [0.15, 0.2) is 48.7 Å².